The smallest absolute Gasteiger partial charge is 0.230 e. The molecule has 0 radical (unpaired) electrons. The first kappa shape index (κ1) is 10.0. The molecular formula is C12H11BrN2O. The lowest BCUT2D eigenvalue weighted by atomic mass is 9.85. The van der Waals surface area contributed by atoms with Crippen molar-refractivity contribution in [2.75, 3.05) is 0 Å². The third-order valence-electron chi connectivity index (χ3n) is 3.01. The van der Waals surface area contributed by atoms with Crippen LogP contribution in [0.4, 0.5) is 0 Å². The summed E-state index contributed by atoms with van der Waals surface area (Å²) in [6.07, 6.45) is 3.63. The lowest BCUT2D eigenvalue weighted by molar-refractivity contribution is 0.292. The molecule has 1 aromatic carbocycles. The van der Waals surface area contributed by atoms with Gasteiger partial charge in [-0.05, 0) is 25.0 Å². The van der Waals surface area contributed by atoms with Crippen LogP contribution in [0, 0.1) is 0 Å². The Hall–Kier alpha value is -1.16. The molecule has 0 amide bonds. The Morgan fingerprint density at radius 2 is 2.06 bits per heavy atom. The van der Waals surface area contributed by atoms with E-state index in [1.54, 1.807) is 0 Å². The Morgan fingerprint density at radius 1 is 1.25 bits per heavy atom. The van der Waals surface area contributed by atoms with Crippen molar-refractivity contribution in [1.29, 1.82) is 0 Å². The fourth-order valence-electron chi connectivity index (χ4n) is 1.81. The Labute approximate surface area is 102 Å². The monoisotopic (exact) mass is 278 g/mol. The number of nitrogens with zero attached hydrogens (tertiary/aromatic N) is 2. The number of aromatic nitrogens is 2. The predicted molar refractivity (Wildman–Crippen MR) is 64.0 cm³/mol. The molecule has 1 aliphatic rings. The summed E-state index contributed by atoms with van der Waals surface area (Å²) in [6.45, 7) is 0. The van der Waals surface area contributed by atoms with E-state index in [0.29, 0.717) is 11.7 Å². The fraction of sp³-hybridized carbons (Fsp3) is 0.333. The van der Waals surface area contributed by atoms with Gasteiger partial charge in [0, 0.05) is 16.0 Å². The molecule has 3 rings (SSSR count). The molecule has 2 aromatic rings. The molecule has 1 aromatic heterocycles. The maximum atomic E-state index is 5.30. The van der Waals surface area contributed by atoms with Gasteiger partial charge in [0.15, 0.2) is 0 Å². The largest absolute Gasteiger partial charge is 0.339 e. The van der Waals surface area contributed by atoms with Crippen LogP contribution in [0.15, 0.2) is 33.3 Å². The minimum absolute atomic E-state index is 0.490. The van der Waals surface area contributed by atoms with Crippen LogP contribution in [0.5, 0.6) is 0 Å². The van der Waals surface area contributed by atoms with Crippen molar-refractivity contribution >= 4 is 15.9 Å². The minimum atomic E-state index is 0.490. The SMILES string of the molecule is Brc1ccccc1-c1noc(C2CCC2)n1. The fourth-order valence-corrected chi connectivity index (χ4v) is 2.27. The van der Waals surface area contributed by atoms with Crippen LogP contribution in [0.25, 0.3) is 11.4 Å². The van der Waals surface area contributed by atoms with Gasteiger partial charge in [-0.25, -0.2) is 0 Å². The van der Waals surface area contributed by atoms with Gasteiger partial charge in [0.1, 0.15) is 0 Å². The second-order valence-corrected chi connectivity index (χ2v) is 4.92. The van der Waals surface area contributed by atoms with Crippen LogP contribution in [0.1, 0.15) is 31.1 Å². The van der Waals surface area contributed by atoms with Gasteiger partial charge in [-0.15, -0.1) is 0 Å². The van der Waals surface area contributed by atoms with Crippen molar-refractivity contribution in [3.63, 3.8) is 0 Å². The summed E-state index contributed by atoms with van der Waals surface area (Å²) in [5, 5.41) is 4.03. The van der Waals surface area contributed by atoms with E-state index in [0.717, 1.165) is 15.9 Å². The molecule has 1 saturated carbocycles. The highest BCUT2D eigenvalue weighted by atomic mass is 79.9. The second kappa shape index (κ2) is 4.01. The normalized spacial score (nSPS) is 16.1. The van der Waals surface area contributed by atoms with Gasteiger partial charge in [-0.1, -0.05) is 39.6 Å². The third kappa shape index (κ3) is 1.67. The van der Waals surface area contributed by atoms with E-state index in [1.807, 2.05) is 24.3 Å². The molecular weight excluding hydrogens is 268 g/mol. The number of hydrogen-bond acceptors (Lipinski definition) is 3. The Morgan fingerprint density at radius 3 is 2.75 bits per heavy atom. The van der Waals surface area contributed by atoms with Crippen molar-refractivity contribution < 1.29 is 4.52 Å². The average molecular weight is 279 g/mol. The summed E-state index contributed by atoms with van der Waals surface area (Å²) in [5.74, 6) is 1.95. The molecule has 0 spiro atoms. The van der Waals surface area contributed by atoms with Gasteiger partial charge in [-0.3, -0.25) is 0 Å². The van der Waals surface area contributed by atoms with Crippen molar-refractivity contribution in [3.05, 3.63) is 34.6 Å². The Balaban J connectivity index is 1.95. The first-order valence-corrected chi connectivity index (χ1v) is 6.22. The molecule has 16 heavy (non-hydrogen) atoms. The Bertz CT molecular complexity index is 505. The zero-order valence-electron chi connectivity index (χ0n) is 8.69. The van der Waals surface area contributed by atoms with Crippen LogP contribution in [0.2, 0.25) is 0 Å². The van der Waals surface area contributed by atoms with Gasteiger partial charge < -0.3 is 4.52 Å². The van der Waals surface area contributed by atoms with E-state index in [4.69, 9.17) is 4.52 Å². The predicted octanol–water partition coefficient (Wildman–Crippen LogP) is 3.77. The molecule has 0 bridgehead atoms. The van der Waals surface area contributed by atoms with E-state index in [-0.39, 0.29) is 0 Å². The maximum Gasteiger partial charge on any atom is 0.230 e. The van der Waals surface area contributed by atoms with E-state index in [1.165, 1.54) is 19.3 Å². The van der Waals surface area contributed by atoms with Crippen LogP contribution in [-0.4, -0.2) is 10.1 Å². The average Bonchev–Trinajstić information content (AvgIpc) is 2.65. The van der Waals surface area contributed by atoms with Gasteiger partial charge in [0.2, 0.25) is 11.7 Å². The molecule has 3 nitrogen and oxygen atoms in total. The first-order valence-electron chi connectivity index (χ1n) is 5.43. The van der Waals surface area contributed by atoms with Gasteiger partial charge in [0.05, 0.1) is 0 Å². The van der Waals surface area contributed by atoms with Crippen LogP contribution >= 0.6 is 15.9 Å². The molecule has 0 atom stereocenters. The van der Waals surface area contributed by atoms with Crippen molar-refractivity contribution in [2.45, 2.75) is 25.2 Å². The number of rotatable bonds is 2. The van der Waals surface area contributed by atoms with E-state index in [9.17, 15) is 0 Å². The third-order valence-corrected chi connectivity index (χ3v) is 3.70. The van der Waals surface area contributed by atoms with E-state index >= 15 is 0 Å². The summed E-state index contributed by atoms with van der Waals surface area (Å²) in [5.41, 5.74) is 0.983. The lowest BCUT2D eigenvalue weighted by Gasteiger charge is -2.20. The van der Waals surface area contributed by atoms with Gasteiger partial charge in [0.25, 0.3) is 0 Å². The van der Waals surface area contributed by atoms with Crippen molar-refractivity contribution in [1.82, 2.24) is 10.1 Å². The molecule has 0 aliphatic heterocycles. The van der Waals surface area contributed by atoms with Crippen LogP contribution in [0.3, 0.4) is 0 Å². The number of benzene rings is 1. The number of halogens is 1. The number of hydrogen-bond donors (Lipinski definition) is 0. The zero-order valence-corrected chi connectivity index (χ0v) is 10.3. The van der Waals surface area contributed by atoms with Crippen LogP contribution in [-0.2, 0) is 0 Å². The van der Waals surface area contributed by atoms with Crippen LogP contribution < -0.4 is 0 Å². The highest BCUT2D eigenvalue weighted by Crippen LogP contribution is 2.36. The van der Waals surface area contributed by atoms with Crippen molar-refractivity contribution in [3.8, 4) is 11.4 Å². The molecule has 1 aliphatic carbocycles. The highest BCUT2D eigenvalue weighted by Gasteiger charge is 2.25. The summed E-state index contributed by atoms with van der Waals surface area (Å²) in [4.78, 5) is 4.46. The quantitative estimate of drug-likeness (QED) is 0.840. The molecule has 82 valence electrons. The van der Waals surface area contributed by atoms with Gasteiger partial charge >= 0.3 is 0 Å². The summed E-state index contributed by atoms with van der Waals surface area (Å²) in [7, 11) is 0. The first-order chi connectivity index (χ1) is 7.84. The molecule has 1 fully saturated rings. The molecule has 0 saturated heterocycles. The summed E-state index contributed by atoms with van der Waals surface area (Å²) >= 11 is 3.49. The highest BCUT2D eigenvalue weighted by molar-refractivity contribution is 9.10. The standard InChI is InChI=1S/C12H11BrN2O/c13-10-7-2-1-6-9(10)11-14-12(16-15-11)8-4-3-5-8/h1-2,6-8H,3-5H2. The molecule has 0 unspecified atom stereocenters. The minimum Gasteiger partial charge on any atom is -0.339 e. The van der Waals surface area contributed by atoms with Gasteiger partial charge in [-0.2, -0.15) is 4.98 Å². The molecule has 4 heteroatoms. The summed E-state index contributed by atoms with van der Waals surface area (Å²) < 4.78 is 6.29. The maximum absolute atomic E-state index is 5.30. The lowest BCUT2D eigenvalue weighted by Crippen LogP contribution is -2.08. The zero-order chi connectivity index (χ0) is 11.0. The second-order valence-electron chi connectivity index (χ2n) is 4.06. The van der Waals surface area contributed by atoms with E-state index < -0.39 is 0 Å². The summed E-state index contributed by atoms with van der Waals surface area (Å²) in [6, 6.07) is 7.91. The van der Waals surface area contributed by atoms with E-state index in [2.05, 4.69) is 26.1 Å². The molecule has 1 heterocycles. The van der Waals surface area contributed by atoms with Crippen molar-refractivity contribution in [2.24, 2.45) is 0 Å². The molecule has 0 N–H and O–H groups in total. The Kier molecular flexibility index (Phi) is 2.52. The topological polar surface area (TPSA) is 38.9 Å².